The molecule has 0 aliphatic heterocycles. The lowest BCUT2D eigenvalue weighted by atomic mass is 10.0. The van der Waals surface area contributed by atoms with Crippen LogP contribution in [0.4, 0.5) is 13.2 Å². The second-order valence-corrected chi connectivity index (χ2v) is 6.45. The standard InChI is InChI=1S/C12H16F3NO.C9H10O2/c1-9(16-5-6-17)7-10-3-2-4-11(8-10)12(13,14)15;1-7(9(10)11)8-5-3-2-4-6-8/h2-4,8-9,16-17H,5-7H2,1H3;2-7H,1H3,(H,10,11). The van der Waals surface area contributed by atoms with E-state index in [1.165, 1.54) is 6.07 Å². The van der Waals surface area contributed by atoms with Crippen LogP contribution < -0.4 is 5.32 Å². The third-order valence-electron chi connectivity index (χ3n) is 4.07. The van der Waals surface area contributed by atoms with Crippen LogP contribution >= 0.6 is 0 Å². The summed E-state index contributed by atoms with van der Waals surface area (Å²) in [5.74, 6) is -1.19. The second kappa shape index (κ2) is 11.5. The van der Waals surface area contributed by atoms with Gasteiger partial charge in [-0.05, 0) is 37.5 Å². The van der Waals surface area contributed by atoms with Gasteiger partial charge in [-0.2, -0.15) is 13.2 Å². The maximum Gasteiger partial charge on any atom is 0.416 e. The molecule has 2 atom stereocenters. The fourth-order valence-electron chi connectivity index (χ4n) is 2.50. The Morgan fingerprint density at radius 1 is 1.07 bits per heavy atom. The van der Waals surface area contributed by atoms with Crippen LogP contribution in [-0.4, -0.2) is 35.4 Å². The van der Waals surface area contributed by atoms with Crippen molar-refractivity contribution >= 4 is 5.97 Å². The first-order valence-corrected chi connectivity index (χ1v) is 8.93. The Morgan fingerprint density at radius 3 is 2.25 bits per heavy atom. The summed E-state index contributed by atoms with van der Waals surface area (Å²) in [6.07, 6.45) is -3.79. The van der Waals surface area contributed by atoms with Gasteiger partial charge in [-0.3, -0.25) is 4.79 Å². The van der Waals surface area contributed by atoms with Crippen molar-refractivity contribution in [2.75, 3.05) is 13.2 Å². The monoisotopic (exact) mass is 397 g/mol. The Hall–Kier alpha value is -2.38. The van der Waals surface area contributed by atoms with Crippen LogP contribution in [0.5, 0.6) is 0 Å². The molecular weight excluding hydrogens is 371 g/mol. The van der Waals surface area contributed by atoms with Crippen LogP contribution in [-0.2, 0) is 17.4 Å². The molecule has 3 N–H and O–H groups in total. The first-order chi connectivity index (χ1) is 13.1. The van der Waals surface area contributed by atoms with Gasteiger partial charge in [0.05, 0.1) is 18.1 Å². The van der Waals surface area contributed by atoms with E-state index in [4.69, 9.17) is 10.2 Å². The molecule has 0 bridgehead atoms. The van der Waals surface area contributed by atoms with Crippen molar-refractivity contribution in [1.29, 1.82) is 0 Å². The number of carbonyl (C=O) groups is 1. The SMILES string of the molecule is CC(C(=O)O)c1ccccc1.CC(Cc1cccc(C(F)(F)F)c1)NCCO. The van der Waals surface area contributed by atoms with E-state index >= 15 is 0 Å². The first kappa shape index (κ1) is 23.7. The van der Waals surface area contributed by atoms with E-state index in [1.54, 1.807) is 13.0 Å². The van der Waals surface area contributed by atoms with E-state index in [1.807, 2.05) is 37.3 Å². The molecule has 0 fully saturated rings. The van der Waals surface area contributed by atoms with Gasteiger partial charge in [-0.25, -0.2) is 0 Å². The number of halogens is 3. The van der Waals surface area contributed by atoms with E-state index in [9.17, 15) is 18.0 Å². The lowest BCUT2D eigenvalue weighted by molar-refractivity contribution is -0.138. The molecule has 28 heavy (non-hydrogen) atoms. The molecule has 2 unspecified atom stereocenters. The number of hydrogen-bond acceptors (Lipinski definition) is 3. The summed E-state index contributed by atoms with van der Waals surface area (Å²) < 4.78 is 37.4. The molecule has 0 saturated carbocycles. The number of rotatable bonds is 7. The quantitative estimate of drug-likeness (QED) is 0.658. The zero-order chi connectivity index (χ0) is 21.2. The molecule has 2 rings (SSSR count). The highest BCUT2D eigenvalue weighted by molar-refractivity contribution is 5.75. The third kappa shape index (κ3) is 8.54. The van der Waals surface area contributed by atoms with Gasteiger partial charge < -0.3 is 15.5 Å². The van der Waals surface area contributed by atoms with Crippen molar-refractivity contribution < 1.29 is 28.2 Å². The lowest BCUT2D eigenvalue weighted by Gasteiger charge is -2.14. The van der Waals surface area contributed by atoms with Crippen LogP contribution in [0, 0.1) is 0 Å². The van der Waals surface area contributed by atoms with Crippen LogP contribution in [0.25, 0.3) is 0 Å². The molecule has 0 amide bonds. The van der Waals surface area contributed by atoms with Gasteiger partial charge in [0.25, 0.3) is 0 Å². The largest absolute Gasteiger partial charge is 0.481 e. The average Bonchev–Trinajstić information content (AvgIpc) is 2.66. The van der Waals surface area contributed by atoms with Crippen LogP contribution in [0.3, 0.4) is 0 Å². The molecule has 7 heteroatoms. The second-order valence-electron chi connectivity index (χ2n) is 6.45. The molecular formula is C21H26F3NO3. The summed E-state index contributed by atoms with van der Waals surface area (Å²) in [5, 5.41) is 20.3. The lowest BCUT2D eigenvalue weighted by Crippen LogP contribution is -2.30. The summed E-state index contributed by atoms with van der Waals surface area (Å²) in [6.45, 7) is 4.01. The molecule has 0 aliphatic carbocycles. The van der Waals surface area contributed by atoms with Crippen molar-refractivity contribution in [3.63, 3.8) is 0 Å². The van der Waals surface area contributed by atoms with Gasteiger partial charge in [0.2, 0.25) is 0 Å². The van der Waals surface area contributed by atoms with Gasteiger partial charge in [0.1, 0.15) is 0 Å². The maximum atomic E-state index is 12.5. The number of nitrogens with one attached hydrogen (secondary N) is 1. The normalized spacial score (nSPS) is 13.2. The van der Waals surface area contributed by atoms with Gasteiger partial charge in [-0.15, -0.1) is 0 Å². The van der Waals surface area contributed by atoms with E-state index < -0.39 is 23.6 Å². The molecule has 0 aliphatic rings. The molecule has 0 aromatic heterocycles. The Labute approximate surface area is 163 Å². The number of aliphatic carboxylic acids is 1. The molecule has 0 heterocycles. The van der Waals surface area contributed by atoms with E-state index in [2.05, 4.69) is 5.32 Å². The van der Waals surface area contributed by atoms with Crippen LogP contribution in [0.2, 0.25) is 0 Å². The molecule has 4 nitrogen and oxygen atoms in total. The fraction of sp³-hybridized carbons (Fsp3) is 0.381. The number of aliphatic hydroxyl groups excluding tert-OH is 1. The summed E-state index contributed by atoms with van der Waals surface area (Å²) in [7, 11) is 0. The van der Waals surface area contributed by atoms with Gasteiger partial charge >= 0.3 is 12.1 Å². The van der Waals surface area contributed by atoms with E-state index in [0.717, 1.165) is 17.7 Å². The van der Waals surface area contributed by atoms with Crippen LogP contribution in [0.15, 0.2) is 54.6 Å². The smallest absolute Gasteiger partial charge is 0.416 e. The number of hydrogen-bond donors (Lipinski definition) is 3. The highest BCUT2D eigenvalue weighted by atomic mass is 19.4. The summed E-state index contributed by atoms with van der Waals surface area (Å²) in [5.41, 5.74) is 0.863. The van der Waals surface area contributed by atoms with Crippen molar-refractivity contribution in [3.05, 3.63) is 71.3 Å². The Kier molecular flexibility index (Phi) is 9.68. The predicted molar refractivity (Wildman–Crippen MR) is 102 cm³/mol. The number of alkyl halides is 3. The number of carboxylic acids is 1. The summed E-state index contributed by atoms with van der Waals surface area (Å²) >= 11 is 0. The minimum atomic E-state index is -4.29. The van der Waals surface area contributed by atoms with E-state index in [0.29, 0.717) is 18.5 Å². The maximum absolute atomic E-state index is 12.5. The van der Waals surface area contributed by atoms with E-state index in [-0.39, 0.29) is 12.6 Å². The van der Waals surface area contributed by atoms with Crippen molar-refractivity contribution in [3.8, 4) is 0 Å². The van der Waals surface area contributed by atoms with Crippen molar-refractivity contribution in [2.24, 2.45) is 0 Å². The number of benzene rings is 2. The predicted octanol–water partition coefficient (Wildman–Crippen LogP) is 4.09. The Bertz CT molecular complexity index is 720. The number of aliphatic hydroxyl groups is 1. The highest BCUT2D eigenvalue weighted by Gasteiger charge is 2.30. The minimum absolute atomic E-state index is 0.0208. The average molecular weight is 397 g/mol. The van der Waals surface area contributed by atoms with Gasteiger partial charge in [0, 0.05) is 12.6 Å². The molecule has 0 saturated heterocycles. The number of carboxylic acid groups (broad SMARTS) is 1. The van der Waals surface area contributed by atoms with Gasteiger partial charge in [0.15, 0.2) is 0 Å². The fourth-order valence-corrected chi connectivity index (χ4v) is 2.50. The molecule has 2 aromatic rings. The zero-order valence-electron chi connectivity index (χ0n) is 15.9. The summed E-state index contributed by atoms with van der Waals surface area (Å²) in [6, 6.07) is 14.5. The van der Waals surface area contributed by atoms with Crippen LogP contribution in [0.1, 0.15) is 36.5 Å². The van der Waals surface area contributed by atoms with Crippen molar-refractivity contribution in [1.82, 2.24) is 5.32 Å². The van der Waals surface area contributed by atoms with Crippen molar-refractivity contribution in [2.45, 2.75) is 38.4 Å². The topological polar surface area (TPSA) is 69.6 Å². The minimum Gasteiger partial charge on any atom is -0.481 e. The molecule has 154 valence electrons. The molecule has 0 spiro atoms. The molecule has 0 radical (unpaired) electrons. The zero-order valence-corrected chi connectivity index (χ0v) is 15.9. The first-order valence-electron chi connectivity index (χ1n) is 8.93. The molecule has 2 aromatic carbocycles. The Morgan fingerprint density at radius 2 is 1.71 bits per heavy atom. The summed E-state index contributed by atoms with van der Waals surface area (Å²) in [4.78, 5) is 10.5. The Balaban J connectivity index is 0.000000307. The third-order valence-corrected chi connectivity index (χ3v) is 4.07. The highest BCUT2D eigenvalue weighted by Crippen LogP contribution is 2.29. The van der Waals surface area contributed by atoms with Gasteiger partial charge in [-0.1, -0.05) is 48.5 Å².